The highest BCUT2D eigenvalue weighted by molar-refractivity contribution is 6.31. The van der Waals surface area contributed by atoms with Crippen molar-refractivity contribution in [3.8, 4) is 0 Å². The Morgan fingerprint density at radius 3 is 2.68 bits per heavy atom. The number of carbonyl (C=O) groups is 1. The number of nitrogens with zero attached hydrogens (tertiary/aromatic N) is 2. The summed E-state index contributed by atoms with van der Waals surface area (Å²) < 4.78 is 6.91. The van der Waals surface area contributed by atoms with Crippen molar-refractivity contribution in [2.75, 3.05) is 18.5 Å². The summed E-state index contributed by atoms with van der Waals surface area (Å²) in [6.07, 6.45) is 1.66. The molecule has 1 fully saturated rings. The number of amides is 1. The minimum atomic E-state index is -0.438. The van der Waals surface area contributed by atoms with Crippen LogP contribution in [0.5, 0.6) is 0 Å². The quantitative estimate of drug-likeness (QED) is 0.592. The van der Waals surface area contributed by atoms with Gasteiger partial charge in [0.25, 0.3) is 5.56 Å². The summed E-state index contributed by atoms with van der Waals surface area (Å²) >= 11 is 6.24. The number of carbonyl (C=O) groups excluding carboxylic acids is 1. The molecule has 160 valence electrons. The summed E-state index contributed by atoms with van der Waals surface area (Å²) in [6.45, 7) is 3.39. The van der Waals surface area contributed by atoms with Gasteiger partial charge in [0.05, 0.1) is 32.2 Å². The third-order valence-electron chi connectivity index (χ3n) is 5.13. The standard InChI is InChI=1S/C23H23ClN4O3/c1-15-19(24)8-5-9-20(15)26-23-27-22(30)17(10-21(29)25-18-13-31-14-18)12-28(23)11-16-6-3-2-4-7-16/h2-9,12,18H,10-11,13-14H2,1H3,(H,25,29)(H,26,27,30). The average Bonchev–Trinajstić information content (AvgIpc) is 2.72. The zero-order chi connectivity index (χ0) is 21.8. The van der Waals surface area contributed by atoms with E-state index in [0.717, 1.165) is 16.8 Å². The Morgan fingerprint density at radius 1 is 1.19 bits per heavy atom. The Hall–Kier alpha value is -3.16. The average molecular weight is 439 g/mol. The Labute approximate surface area is 185 Å². The third kappa shape index (κ3) is 5.13. The lowest BCUT2D eigenvalue weighted by atomic mass is 10.2. The van der Waals surface area contributed by atoms with Gasteiger partial charge in [0, 0.05) is 22.5 Å². The molecule has 0 aliphatic carbocycles. The van der Waals surface area contributed by atoms with Crippen molar-refractivity contribution in [2.24, 2.45) is 0 Å². The van der Waals surface area contributed by atoms with E-state index in [2.05, 4.69) is 15.6 Å². The number of anilines is 2. The van der Waals surface area contributed by atoms with E-state index in [1.54, 1.807) is 12.3 Å². The van der Waals surface area contributed by atoms with Crippen LogP contribution in [0.15, 0.2) is 59.5 Å². The highest BCUT2D eigenvalue weighted by Gasteiger charge is 2.21. The highest BCUT2D eigenvalue weighted by Crippen LogP contribution is 2.25. The van der Waals surface area contributed by atoms with E-state index in [0.29, 0.717) is 36.3 Å². The van der Waals surface area contributed by atoms with Crippen LogP contribution < -0.4 is 16.2 Å². The minimum absolute atomic E-state index is 0.0127. The van der Waals surface area contributed by atoms with E-state index >= 15 is 0 Å². The van der Waals surface area contributed by atoms with Gasteiger partial charge in [-0.2, -0.15) is 4.98 Å². The lowest BCUT2D eigenvalue weighted by Gasteiger charge is -2.26. The topological polar surface area (TPSA) is 85.2 Å². The van der Waals surface area contributed by atoms with E-state index in [1.807, 2.05) is 54.0 Å². The lowest BCUT2D eigenvalue weighted by Crippen LogP contribution is -2.49. The van der Waals surface area contributed by atoms with Gasteiger partial charge in [0.2, 0.25) is 11.9 Å². The van der Waals surface area contributed by atoms with Crippen LogP contribution in [-0.2, 0) is 22.5 Å². The number of benzene rings is 2. The van der Waals surface area contributed by atoms with Crippen molar-refractivity contribution in [3.05, 3.63) is 86.8 Å². The number of hydrogen-bond acceptors (Lipinski definition) is 5. The second kappa shape index (κ2) is 9.32. The molecule has 1 saturated heterocycles. The first-order valence-electron chi connectivity index (χ1n) is 10.0. The fraction of sp³-hybridized carbons (Fsp3) is 0.261. The molecule has 4 rings (SSSR count). The van der Waals surface area contributed by atoms with Crippen molar-refractivity contribution >= 4 is 29.1 Å². The molecule has 7 nitrogen and oxygen atoms in total. The summed E-state index contributed by atoms with van der Waals surface area (Å²) in [6, 6.07) is 15.4. The maximum Gasteiger partial charge on any atom is 0.278 e. The molecule has 0 unspecified atom stereocenters. The van der Waals surface area contributed by atoms with Crippen LogP contribution in [0, 0.1) is 6.92 Å². The Bertz CT molecular complexity index is 1140. The number of halogens is 1. The normalized spacial score (nSPS) is 13.5. The Kier molecular flexibility index (Phi) is 6.34. The number of aromatic nitrogens is 2. The van der Waals surface area contributed by atoms with Crippen LogP contribution >= 0.6 is 11.6 Å². The summed E-state index contributed by atoms with van der Waals surface area (Å²) in [7, 11) is 0. The number of nitrogens with one attached hydrogen (secondary N) is 2. The largest absolute Gasteiger partial charge is 0.377 e. The zero-order valence-electron chi connectivity index (χ0n) is 17.1. The van der Waals surface area contributed by atoms with Gasteiger partial charge in [-0.05, 0) is 30.2 Å². The molecule has 0 spiro atoms. The predicted octanol–water partition coefficient (Wildman–Crippen LogP) is 3.05. The maximum atomic E-state index is 12.7. The Morgan fingerprint density at radius 2 is 1.97 bits per heavy atom. The van der Waals surface area contributed by atoms with Gasteiger partial charge in [0.15, 0.2) is 0 Å². The highest BCUT2D eigenvalue weighted by atomic mass is 35.5. The maximum absolute atomic E-state index is 12.7. The van der Waals surface area contributed by atoms with E-state index in [9.17, 15) is 9.59 Å². The van der Waals surface area contributed by atoms with E-state index < -0.39 is 5.56 Å². The first-order chi connectivity index (χ1) is 15.0. The monoisotopic (exact) mass is 438 g/mol. The molecular formula is C23H23ClN4O3. The van der Waals surface area contributed by atoms with Crippen LogP contribution in [0.25, 0.3) is 0 Å². The Balaban J connectivity index is 1.65. The molecule has 1 aliphatic rings. The van der Waals surface area contributed by atoms with Gasteiger partial charge in [-0.25, -0.2) is 0 Å². The summed E-state index contributed by atoms with van der Waals surface area (Å²) in [5.74, 6) is 0.167. The van der Waals surface area contributed by atoms with Crippen LogP contribution in [0.4, 0.5) is 11.6 Å². The van der Waals surface area contributed by atoms with E-state index in [-0.39, 0.29) is 18.4 Å². The number of hydrogen-bond donors (Lipinski definition) is 2. The first kappa shape index (κ1) is 21.1. The van der Waals surface area contributed by atoms with Gasteiger partial charge in [0.1, 0.15) is 0 Å². The predicted molar refractivity (Wildman–Crippen MR) is 120 cm³/mol. The van der Waals surface area contributed by atoms with Crippen molar-refractivity contribution in [2.45, 2.75) is 25.9 Å². The molecule has 1 aliphatic heterocycles. The fourth-order valence-electron chi connectivity index (χ4n) is 3.29. The molecule has 0 radical (unpaired) electrons. The second-order valence-electron chi connectivity index (χ2n) is 7.52. The molecular weight excluding hydrogens is 416 g/mol. The number of ether oxygens (including phenoxy) is 1. The lowest BCUT2D eigenvalue weighted by molar-refractivity contribution is -0.124. The van der Waals surface area contributed by atoms with E-state index in [4.69, 9.17) is 16.3 Å². The second-order valence-corrected chi connectivity index (χ2v) is 7.93. The molecule has 0 bridgehead atoms. The zero-order valence-corrected chi connectivity index (χ0v) is 17.9. The smallest absolute Gasteiger partial charge is 0.278 e. The molecule has 0 atom stereocenters. The number of rotatable bonds is 7. The molecule has 3 aromatic rings. The SMILES string of the molecule is Cc1c(Cl)cccc1Nc1nc(=O)c(CC(=O)NC2COC2)cn1Cc1ccccc1. The third-order valence-corrected chi connectivity index (χ3v) is 5.54. The molecule has 1 aromatic heterocycles. The molecule has 2 N–H and O–H groups in total. The van der Waals surface area contributed by atoms with Gasteiger partial charge < -0.3 is 19.9 Å². The molecule has 1 amide bonds. The van der Waals surface area contributed by atoms with Gasteiger partial charge in [-0.15, -0.1) is 0 Å². The van der Waals surface area contributed by atoms with Crippen molar-refractivity contribution in [3.63, 3.8) is 0 Å². The fourth-order valence-corrected chi connectivity index (χ4v) is 3.47. The summed E-state index contributed by atoms with van der Waals surface area (Å²) in [4.78, 5) is 29.3. The molecule has 0 saturated carbocycles. The molecule has 8 heteroatoms. The van der Waals surface area contributed by atoms with Crippen molar-refractivity contribution in [1.82, 2.24) is 14.9 Å². The minimum Gasteiger partial charge on any atom is -0.377 e. The summed E-state index contributed by atoms with van der Waals surface area (Å²) in [5, 5.41) is 6.70. The molecule has 2 heterocycles. The van der Waals surface area contributed by atoms with E-state index in [1.165, 1.54) is 0 Å². The van der Waals surface area contributed by atoms with Crippen LogP contribution in [0.3, 0.4) is 0 Å². The van der Waals surface area contributed by atoms with Gasteiger partial charge in [-0.3, -0.25) is 9.59 Å². The van der Waals surface area contributed by atoms with Crippen molar-refractivity contribution in [1.29, 1.82) is 0 Å². The molecule has 2 aromatic carbocycles. The van der Waals surface area contributed by atoms with Gasteiger partial charge in [-0.1, -0.05) is 48.0 Å². The van der Waals surface area contributed by atoms with Crippen LogP contribution in [0.1, 0.15) is 16.7 Å². The molecule has 31 heavy (non-hydrogen) atoms. The van der Waals surface area contributed by atoms with Gasteiger partial charge >= 0.3 is 0 Å². The van der Waals surface area contributed by atoms with Crippen LogP contribution in [-0.4, -0.2) is 34.7 Å². The summed E-state index contributed by atoms with van der Waals surface area (Å²) in [5.41, 5.74) is 2.56. The van der Waals surface area contributed by atoms with Crippen molar-refractivity contribution < 1.29 is 9.53 Å². The van der Waals surface area contributed by atoms with Crippen LogP contribution in [0.2, 0.25) is 5.02 Å². The first-order valence-corrected chi connectivity index (χ1v) is 10.4.